The zero-order chi connectivity index (χ0) is 10.5. The highest BCUT2D eigenvalue weighted by Crippen LogP contribution is 2.05. The molecule has 0 heterocycles. The van der Waals surface area contributed by atoms with Gasteiger partial charge in [-0.25, -0.2) is 0 Å². The first-order valence-electron chi connectivity index (χ1n) is 5.20. The van der Waals surface area contributed by atoms with Gasteiger partial charge in [-0.15, -0.1) is 0 Å². The minimum absolute atomic E-state index is 0.0112. The molecule has 0 rings (SSSR count). The van der Waals surface area contributed by atoms with Crippen LogP contribution in [0.25, 0.3) is 0 Å². The first-order valence-corrected chi connectivity index (χ1v) is 5.20. The average molecular weight is 187 g/mol. The number of hydrogen-bond acceptors (Lipinski definition) is 2. The Morgan fingerprint density at radius 2 is 1.69 bits per heavy atom. The Bertz CT molecular complexity index is 127. The van der Waals surface area contributed by atoms with E-state index in [1.54, 1.807) is 0 Å². The number of ether oxygens (including phenoxy) is 1. The highest BCUT2D eigenvalue weighted by Gasteiger charge is 2.10. The second-order valence-corrected chi connectivity index (χ2v) is 4.95. The van der Waals surface area contributed by atoms with Gasteiger partial charge in [0.05, 0.1) is 12.2 Å². The van der Waals surface area contributed by atoms with E-state index >= 15 is 0 Å². The number of nitrogens with one attached hydrogen (secondary N) is 1. The molecule has 0 aromatic rings. The fourth-order valence-electron chi connectivity index (χ4n) is 0.880. The zero-order valence-electron chi connectivity index (χ0n) is 9.98. The average Bonchev–Trinajstić information content (AvgIpc) is 1.95. The van der Waals surface area contributed by atoms with Gasteiger partial charge in [0, 0.05) is 12.6 Å². The lowest BCUT2D eigenvalue weighted by Gasteiger charge is -2.22. The molecule has 0 aliphatic carbocycles. The fraction of sp³-hybridized carbons (Fsp3) is 1.00. The Morgan fingerprint density at radius 3 is 2.08 bits per heavy atom. The summed E-state index contributed by atoms with van der Waals surface area (Å²) in [4.78, 5) is 0. The maximum Gasteiger partial charge on any atom is 0.0599 e. The minimum atomic E-state index is -0.0112. The van der Waals surface area contributed by atoms with Crippen LogP contribution in [0.1, 0.15) is 41.5 Å². The van der Waals surface area contributed by atoms with E-state index < -0.39 is 0 Å². The largest absolute Gasteiger partial charge is 0.375 e. The molecule has 1 N–H and O–H groups in total. The van der Waals surface area contributed by atoms with Gasteiger partial charge in [0.25, 0.3) is 0 Å². The molecule has 0 amide bonds. The van der Waals surface area contributed by atoms with Crippen LogP contribution in [0, 0.1) is 5.92 Å². The van der Waals surface area contributed by atoms with Gasteiger partial charge in [0.15, 0.2) is 0 Å². The Hall–Kier alpha value is -0.0800. The molecule has 0 radical (unpaired) electrons. The molecule has 0 aliphatic heterocycles. The molecular weight excluding hydrogens is 162 g/mol. The van der Waals surface area contributed by atoms with Crippen LogP contribution >= 0.6 is 0 Å². The van der Waals surface area contributed by atoms with Gasteiger partial charge in [-0.2, -0.15) is 0 Å². The van der Waals surface area contributed by atoms with E-state index in [1.807, 2.05) is 0 Å². The van der Waals surface area contributed by atoms with Crippen molar-refractivity contribution in [2.45, 2.75) is 53.2 Å². The SMILES string of the molecule is CC(C)C(C)NCCOC(C)(C)C. The second kappa shape index (κ2) is 5.61. The van der Waals surface area contributed by atoms with Gasteiger partial charge in [-0.05, 0) is 33.6 Å². The van der Waals surface area contributed by atoms with Crippen molar-refractivity contribution in [3.63, 3.8) is 0 Å². The predicted octanol–water partition coefficient (Wildman–Crippen LogP) is 2.44. The molecule has 0 aromatic carbocycles. The lowest BCUT2D eigenvalue weighted by Crippen LogP contribution is -2.35. The van der Waals surface area contributed by atoms with E-state index in [9.17, 15) is 0 Å². The summed E-state index contributed by atoms with van der Waals surface area (Å²) in [6.07, 6.45) is 0. The van der Waals surface area contributed by atoms with Crippen LogP contribution in [0.3, 0.4) is 0 Å². The number of hydrogen-bond donors (Lipinski definition) is 1. The first-order chi connectivity index (χ1) is 5.83. The molecule has 13 heavy (non-hydrogen) atoms. The minimum Gasteiger partial charge on any atom is -0.375 e. The van der Waals surface area contributed by atoms with Gasteiger partial charge in [0.1, 0.15) is 0 Å². The molecule has 80 valence electrons. The Labute approximate surface area is 83.1 Å². The maximum absolute atomic E-state index is 5.60. The van der Waals surface area contributed by atoms with E-state index in [-0.39, 0.29) is 5.60 Å². The molecular formula is C11H25NO. The van der Waals surface area contributed by atoms with Gasteiger partial charge >= 0.3 is 0 Å². The summed E-state index contributed by atoms with van der Waals surface area (Å²) >= 11 is 0. The van der Waals surface area contributed by atoms with Gasteiger partial charge < -0.3 is 10.1 Å². The van der Waals surface area contributed by atoms with Crippen LogP contribution in [0.2, 0.25) is 0 Å². The van der Waals surface area contributed by atoms with Crippen molar-refractivity contribution in [2.24, 2.45) is 5.92 Å². The van der Waals surface area contributed by atoms with E-state index in [0.717, 1.165) is 13.2 Å². The predicted molar refractivity (Wildman–Crippen MR) is 58.0 cm³/mol. The smallest absolute Gasteiger partial charge is 0.0599 e. The highest BCUT2D eigenvalue weighted by molar-refractivity contribution is 4.65. The third kappa shape index (κ3) is 8.26. The third-order valence-corrected chi connectivity index (χ3v) is 2.10. The quantitative estimate of drug-likeness (QED) is 0.667. The highest BCUT2D eigenvalue weighted by atomic mass is 16.5. The standard InChI is InChI=1S/C11H25NO/c1-9(2)10(3)12-7-8-13-11(4,5)6/h9-10,12H,7-8H2,1-6H3. The zero-order valence-corrected chi connectivity index (χ0v) is 9.98. The molecule has 0 bridgehead atoms. The van der Waals surface area contributed by atoms with Crippen LogP contribution in [-0.2, 0) is 4.74 Å². The third-order valence-electron chi connectivity index (χ3n) is 2.10. The fourth-order valence-corrected chi connectivity index (χ4v) is 0.880. The molecule has 0 spiro atoms. The van der Waals surface area contributed by atoms with Crippen molar-refractivity contribution >= 4 is 0 Å². The topological polar surface area (TPSA) is 21.3 Å². The van der Waals surface area contributed by atoms with Crippen LogP contribution in [0.4, 0.5) is 0 Å². The Kier molecular flexibility index (Phi) is 5.57. The summed E-state index contributed by atoms with van der Waals surface area (Å²) in [7, 11) is 0. The lowest BCUT2D eigenvalue weighted by atomic mass is 10.1. The van der Waals surface area contributed by atoms with Crippen LogP contribution in [-0.4, -0.2) is 24.8 Å². The Balaban J connectivity index is 3.36. The van der Waals surface area contributed by atoms with Gasteiger partial charge in [0.2, 0.25) is 0 Å². The molecule has 0 saturated carbocycles. The van der Waals surface area contributed by atoms with E-state index in [0.29, 0.717) is 12.0 Å². The second-order valence-electron chi connectivity index (χ2n) is 4.95. The molecule has 0 saturated heterocycles. The summed E-state index contributed by atoms with van der Waals surface area (Å²) in [5.74, 6) is 0.689. The molecule has 0 aliphatic rings. The summed E-state index contributed by atoms with van der Waals surface area (Å²) in [6.45, 7) is 14.6. The Morgan fingerprint density at radius 1 is 1.15 bits per heavy atom. The summed E-state index contributed by atoms with van der Waals surface area (Å²) in [6, 6.07) is 0.573. The molecule has 2 nitrogen and oxygen atoms in total. The van der Waals surface area contributed by atoms with Gasteiger partial charge in [-0.1, -0.05) is 13.8 Å². The van der Waals surface area contributed by atoms with Crippen LogP contribution in [0.15, 0.2) is 0 Å². The number of rotatable bonds is 5. The molecule has 1 atom stereocenters. The van der Waals surface area contributed by atoms with Crippen LogP contribution in [0.5, 0.6) is 0 Å². The summed E-state index contributed by atoms with van der Waals surface area (Å²) in [5.41, 5.74) is -0.0112. The van der Waals surface area contributed by atoms with Gasteiger partial charge in [-0.3, -0.25) is 0 Å². The molecule has 0 aromatic heterocycles. The van der Waals surface area contributed by atoms with Crippen molar-refractivity contribution < 1.29 is 4.74 Å². The first kappa shape index (κ1) is 12.9. The molecule has 0 fully saturated rings. The van der Waals surface area contributed by atoms with E-state index in [2.05, 4.69) is 46.9 Å². The van der Waals surface area contributed by atoms with Crippen molar-refractivity contribution in [3.8, 4) is 0 Å². The van der Waals surface area contributed by atoms with E-state index in [1.165, 1.54) is 0 Å². The van der Waals surface area contributed by atoms with Crippen molar-refractivity contribution in [1.29, 1.82) is 0 Å². The summed E-state index contributed by atoms with van der Waals surface area (Å²) < 4.78 is 5.60. The lowest BCUT2D eigenvalue weighted by molar-refractivity contribution is -0.00185. The van der Waals surface area contributed by atoms with Crippen LogP contribution < -0.4 is 5.32 Å². The normalized spacial score (nSPS) is 15.0. The van der Waals surface area contributed by atoms with Crippen molar-refractivity contribution in [3.05, 3.63) is 0 Å². The maximum atomic E-state index is 5.60. The van der Waals surface area contributed by atoms with Crippen molar-refractivity contribution in [2.75, 3.05) is 13.2 Å². The summed E-state index contributed by atoms with van der Waals surface area (Å²) in [5, 5.41) is 3.43. The van der Waals surface area contributed by atoms with Crippen molar-refractivity contribution in [1.82, 2.24) is 5.32 Å². The molecule has 2 heteroatoms. The monoisotopic (exact) mass is 187 g/mol. The van der Waals surface area contributed by atoms with E-state index in [4.69, 9.17) is 4.74 Å². The molecule has 1 unspecified atom stereocenters.